The van der Waals surface area contributed by atoms with Crippen LogP contribution >= 0.6 is 11.3 Å². The van der Waals surface area contributed by atoms with Crippen molar-refractivity contribution in [3.63, 3.8) is 0 Å². The molecule has 0 spiro atoms. The molecule has 2 aromatic heterocycles. The third-order valence-electron chi connectivity index (χ3n) is 2.41. The number of aryl methyl sites for hydroxylation is 1. The van der Waals surface area contributed by atoms with Crippen LogP contribution in [0.5, 0.6) is 0 Å². The highest BCUT2D eigenvalue weighted by Gasteiger charge is 2.09. The van der Waals surface area contributed by atoms with Crippen molar-refractivity contribution in [3.05, 3.63) is 40.0 Å². The fourth-order valence-electron chi connectivity index (χ4n) is 1.56. The van der Waals surface area contributed by atoms with Gasteiger partial charge in [-0.1, -0.05) is 6.07 Å². The van der Waals surface area contributed by atoms with Gasteiger partial charge in [-0.3, -0.25) is 0 Å². The second kappa shape index (κ2) is 5.14. The van der Waals surface area contributed by atoms with Crippen LogP contribution in [0.1, 0.15) is 21.2 Å². The van der Waals surface area contributed by atoms with Crippen LogP contribution in [0.4, 0.5) is 5.82 Å². The SMILES string of the molecule is Cc1nc(CN(C)c2cccc(C(=O)O)n2)cs1. The van der Waals surface area contributed by atoms with E-state index in [0.717, 1.165) is 10.7 Å². The Hall–Kier alpha value is -1.95. The van der Waals surface area contributed by atoms with E-state index in [1.807, 2.05) is 24.3 Å². The van der Waals surface area contributed by atoms with E-state index in [4.69, 9.17) is 5.11 Å². The van der Waals surface area contributed by atoms with Crippen molar-refractivity contribution in [2.45, 2.75) is 13.5 Å². The molecule has 0 radical (unpaired) electrons. The number of pyridine rings is 1. The average molecular weight is 263 g/mol. The molecule has 2 heterocycles. The summed E-state index contributed by atoms with van der Waals surface area (Å²) in [5, 5.41) is 11.9. The van der Waals surface area contributed by atoms with Gasteiger partial charge in [0.2, 0.25) is 0 Å². The first kappa shape index (κ1) is 12.5. The highest BCUT2D eigenvalue weighted by molar-refractivity contribution is 7.09. The third kappa shape index (κ3) is 2.84. The molecule has 0 aliphatic carbocycles. The molecule has 1 N–H and O–H groups in total. The number of thiazole rings is 1. The number of rotatable bonds is 4. The van der Waals surface area contributed by atoms with Gasteiger partial charge in [0.05, 0.1) is 17.2 Å². The number of aromatic carboxylic acids is 1. The van der Waals surface area contributed by atoms with Gasteiger partial charge < -0.3 is 10.0 Å². The summed E-state index contributed by atoms with van der Waals surface area (Å²) in [6.07, 6.45) is 0. The molecule has 0 aliphatic rings. The lowest BCUT2D eigenvalue weighted by atomic mass is 10.3. The summed E-state index contributed by atoms with van der Waals surface area (Å²) in [6.45, 7) is 2.57. The van der Waals surface area contributed by atoms with Gasteiger partial charge in [-0.2, -0.15) is 0 Å². The van der Waals surface area contributed by atoms with E-state index in [1.54, 1.807) is 23.5 Å². The Morgan fingerprint density at radius 2 is 2.22 bits per heavy atom. The number of hydrogen-bond donors (Lipinski definition) is 1. The molecule has 0 fully saturated rings. The van der Waals surface area contributed by atoms with E-state index in [-0.39, 0.29) is 5.69 Å². The van der Waals surface area contributed by atoms with Gasteiger partial charge in [0.15, 0.2) is 5.69 Å². The standard InChI is InChI=1S/C12H13N3O2S/c1-8-13-9(7-18-8)6-15(2)11-5-3-4-10(14-11)12(16)17/h3-5,7H,6H2,1-2H3,(H,16,17). The minimum atomic E-state index is -1.02. The summed E-state index contributed by atoms with van der Waals surface area (Å²) in [6, 6.07) is 4.95. The number of carboxylic acid groups (broad SMARTS) is 1. The van der Waals surface area contributed by atoms with Crippen LogP contribution in [-0.4, -0.2) is 28.1 Å². The minimum Gasteiger partial charge on any atom is -0.477 e. The molecule has 18 heavy (non-hydrogen) atoms. The average Bonchev–Trinajstić information content (AvgIpc) is 2.75. The van der Waals surface area contributed by atoms with E-state index < -0.39 is 5.97 Å². The van der Waals surface area contributed by atoms with Gasteiger partial charge in [-0.05, 0) is 19.1 Å². The molecule has 5 nitrogen and oxygen atoms in total. The number of anilines is 1. The summed E-state index contributed by atoms with van der Waals surface area (Å²) in [5.41, 5.74) is 1.01. The Balaban J connectivity index is 2.15. The third-order valence-corrected chi connectivity index (χ3v) is 3.23. The van der Waals surface area contributed by atoms with Crippen molar-refractivity contribution in [1.82, 2.24) is 9.97 Å². The zero-order chi connectivity index (χ0) is 13.1. The Kier molecular flexibility index (Phi) is 3.57. The van der Waals surface area contributed by atoms with Crippen molar-refractivity contribution in [3.8, 4) is 0 Å². The maximum absolute atomic E-state index is 10.8. The summed E-state index contributed by atoms with van der Waals surface area (Å²) in [7, 11) is 1.86. The molecule has 0 atom stereocenters. The summed E-state index contributed by atoms with van der Waals surface area (Å²) in [5.74, 6) is -0.393. The molecule has 0 saturated carbocycles. The van der Waals surface area contributed by atoms with Crippen LogP contribution in [0.15, 0.2) is 23.6 Å². The van der Waals surface area contributed by atoms with E-state index in [2.05, 4.69) is 9.97 Å². The van der Waals surface area contributed by atoms with Crippen LogP contribution in [0, 0.1) is 6.92 Å². The zero-order valence-corrected chi connectivity index (χ0v) is 10.9. The number of carbonyl (C=O) groups is 1. The van der Waals surface area contributed by atoms with Gasteiger partial charge in [0.25, 0.3) is 0 Å². The maximum atomic E-state index is 10.8. The number of hydrogen-bond acceptors (Lipinski definition) is 5. The molecule has 0 aromatic carbocycles. The largest absolute Gasteiger partial charge is 0.477 e. The van der Waals surface area contributed by atoms with Crippen molar-refractivity contribution in [1.29, 1.82) is 0 Å². The topological polar surface area (TPSA) is 66.3 Å². The van der Waals surface area contributed by atoms with Crippen molar-refractivity contribution in [2.75, 3.05) is 11.9 Å². The Morgan fingerprint density at radius 1 is 1.44 bits per heavy atom. The molecular weight excluding hydrogens is 250 g/mol. The first-order chi connectivity index (χ1) is 8.56. The van der Waals surface area contributed by atoms with Gasteiger partial charge in [-0.25, -0.2) is 14.8 Å². The molecular formula is C12H13N3O2S. The van der Waals surface area contributed by atoms with Gasteiger partial charge >= 0.3 is 5.97 Å². The molecule has 6 heteroatoms. The smallest absolute Gasteiger partial charge is 0.354 e. The molecule has 94 valence electrons. The van der Waals surface area contributed by atoms with Crippen LogP contribution in [0.2, 0.25) is 0 Å². The molecule has 0 bridgehead atoms. The normalized spacial score (nSPS) is 10.3. The molecule has 0 amide bonds. The van der Waals surface area contributed by atoms with E-state index in [9.17, 15) is 4.79 Å². The molecule has 0 unspecified atom stereocenters. The Morgan fingerprint density at radius 3 is 2.83 bits per heavy atom. The van der Waals surface area contributed by atoms with E-state index in [0.29, 0.717) is 12.4 Å². The lowest BCUT2D eigenvalue weighted by Gasteiger charge is -2.16. The van der Waals surface area contributed by atoms with Crippen molar-refractivity contribution >= 4 is 23.1 Å². The van der Waals surface area contributed by atoms with Crippen molar-refractivity contribution < 1.29 is 9.90 Å². The summed E-state index contributed by atoms with van der Waals surface area (Å²) >= 11 is 1.60. The van der Waals surface area contributed by atoms with Crippen LogP contribution < -0.4 is 4.90 Å². The lowest BCUT2D eigenvalue weighted by molar-refractivity contribution is 0.0690. The monoisotopic (exact) mass is 263 g/mol. The Labute approximate surface area is 109 Å². The lowest BCUT2D eigenvalue weighted by Crippen LogP contribution is -2.18. The fraction of sp³-hybridized carbons (Fsp3) is 0.250. The van der Waals surface area contributed by atoms with Gasteiger partial charge in [0.1, 0.15) is 5.82 Å². The molecule has 2 aromatic rings. The Bertz CT molecular complexity index is 568. The maximum Gasteiger partial charge on any atom is 0.354 e. The fourth-order valence-corrected chi connectivity index (χ4v) is 2.16. The number of carboxylic acids is 1. The molecule has 0 aliphatic heterocycles. The van der Waals surface area contributed by atoms with E-state index in [1.165, 1.54) is 6.07 Å². The van der Waals surface area contributed by atoms with Crippen LogP contribution in [0.25, 0.3) is 0 Å². The molecule has 0 saturated heterocycles. The molecule has 2 rings (SSSR count). The highest BCUT2D eigenvalue weighted by atomic mass is 32.1. The quantitative estimate of drug-likeness (QED) is 0.915. The second-order valence-corrected chi connectivity index (χ2v) is 4.96. The van der Waals surface area contributed by atoms with Gasteiger partial charge in [0, 0.05) is 12.4 Å². The van der Waals surface area contributed by atoms with Crippen LogP contribution in [-0.2, 0) is 6.54 Å². The predicted octanol–water partition coefficient (Wildman–Crippen LogP) is 2.18. The van der Waals surface area contributed by atoms with Crippen LogP contribution in [0.3, 0.4) is 0 Å². The summed E-state index contributed by atoms with van der Waals surface area (Å²) in [4.78, 5) is 21.2. The van der Waals surface area contributed by atoms with E-state index >= 15 is 0 Å². The second-order valence-electron chi connectivity index (χ2n) is 3.90. The first-order valence-corrected chi connectivity index (χ1v) is 6.26. The first-order valence-electron chi connectivity index (χ1n) is 5.39. The highest BCUT2D eigenvalue weighted by Crippen LogP contribution is 2.15. The number of aromatic nitrogens is 2. The number of nitrogens with zero attached hydrogens (tertiary/aromatic N) is 3. The van der Waals surface area contributed by atoms with Crippen molar-refractivity contribution in [2.24, 2.45) is 0 Å². The van der Waals surface area contributed by atoms with Gasteiger partial charge in [-0.15, -0.1) is 11.3 Å². The zero-order valence-electron chi connectivity index (χ0n) is 10.1. The summed E-state index contributed by atoms with van der Waals surface area (Å²) < 4.78 is 0. The predicted molar refractivity (Wildman–Crippen MR) is 70.2 cm³/mol. The minimum absolute atomic E-state index is 0.0498.